The molecule has 1 aliphatic rings. The van der Waals surface area contributed by atoms with Crippen molar-refractivity contribution in [2.45, 2.75) is 58.8 Å². The summed E-state index contributed by atoms with van der Waals surface area (Å²) < 4.78 is 5.19. The molecule has 1 fully saturated rings. The van der Waals surface area contributed by atoms with Crippen molar-refractivity contribution < 1.29 is 14.6 Å². The normalized spacial score (nSPS) is 28.4. The molecule has 0 spiro atoms. The molecular formula is C12H23NO3. The van der Waals surface area contributed by atoms with Crippen LogP contribution in [-0.2, 0) is 9.53 Å². The molecule has 4 heteroatoms. The Morgan fingerprint density at radius 2 is 2.06 bits per heavy atom. The fraction of sp³-hybridized carbons (Fsp3) is 0.917. The predicted molar refractivity (Wildman–Crippen MR) is 62.0 cm³/mol. The summed E-state index contributed by atoms with van der Waals surface area (Å²) in [6.45, 7) is 9.74. The van der Waals surface area contributed by atoms with Gasteiger partial charge in [-0.2, -0.15) is 0 Å². The highest BCUT2D eigenvalue weighted by molar-refractivity contribution is 5.72. The van der Waals surface area contributed by atoms with Gasteiger partial charge in [0.2, 0.25) is 0 Å². The van der Waals surface area contributed by atoms with Crippen LogP contribution in [0.15, 0.2) is 0 Å². The number of rotatable bonds is 3. The van der Waals surface area contributed by atoms with Crippen LogP contribution in [0, 0.1) is 5.41 Å². The van der Waals surface area contributed by atoms with Crippen molar-refractivity contribution in [3.05, 3.63) is 0 Å². The number of carbonyl (C=O) groups is 1. The Labute approximate surface area is 97.4 Å². The lowest BCUT2D eigenvalue weighted by molar-refractivity contribution is -0.155. The average molecular weight is 229 g/mol. The highest BCUT2D eigenvalue weighted by atomic mass is 16.6. The van der Waals surface area contributed by atoms with E-state index in [9.17, 15) is 9.90 Å². The zero-order valence-corrected chi connectivity index (χ0v) is 10.8. The number of aliphatic hydroxyl groups is 1. The summed E-state index contributed by atoms with van der Waals surface area (Å²) in [5.41, 5.74) is -0.588. The molecule has 0 aromatic heterocycles. The van der Waals surface area contributed by atoms with Gasteiger partial charge >= 0.3 is 5.97 Å². The van der Waals surface area contributed by atoms with Gasteiger partial charge in [-0.1, -0.05) is 13.8 Å². The molecule has 1 saturated carbocycles. The van der Waals surface area contributed by atoms with Crippen molar-refractivity contribution in [3.8, 4) is 0 Å². The van der Waals surface area contributed by atoms with E-state index in [0.717, 1.165) is 0 Å². The van der Waals surface area contributed by atoms with Crippen LogP contribution in [0.25, 0.3) is 0 Å². The topological polar surface area (TPSA) is 58.6 Å². The number of hydrogen-bond acceptors (Lipinski definition) is 4. The van der Waals surface area contributed by atoms with E-state index < -0.39 is 5.60 Å². The predicted octanol–water partition coefficient (Wildman–Crippen LogP) is 1.08. The minimum absolute atomic E-state index is 0.151. The Morgan fingerprint density at radius 1 is 1.50 bits per heavy atom. The van der Waals surface area contributed by atoms with Gasteiger partial charge in [0.15, 0.2) is 0 Å². The first-order valence-corrected chi connectivity index (χ1v) is 5.76. The van der Waals surface area contributed by atoms with Crippen molar-refractivity contribution in [2.24, 2.45) is 5.41 Å². The molecular weight excluding hydrogens is 206 g/mol. The quantitative estimate of drug-likeness (QED) is 0.711. The molecule has 4 nitrogen and oxygen atoms in total. The Balaban J connectivity index is 2.29. The first kappa shape index (κ1) is 13.5. The van der Waals surface area contributed by atoms with Crippen LogP contribution in [0.3, 0.4) is 0 Å². The van der Waals surface area contributed by atoms with E-state index in [-0.39, 0.29) is 30.1 Å². The molecule has 2 atom stereocenters. The lowest BCUT2D eigenvalue weighted by Crippen LogP contribution is -2.60. The molecule has 0 heterocycles. The Hall–Kier alpha value is -0.610. The first-order chi connectivity index (χ1) is 7.13. The summed E-state index contributed by atoms with van der Waals surface area (Å²) in [5, 5.41) is 12.7. The van der Waals surface area contributed by atoms with Gasteiger partial charge in [0.25, 0.3) is 0 Å². The Morgan fingerprint density at radius 3 is 2.44 bits per heavy atom. The smallest absolute Gasteiger partial charge is 0.320 e. The van der Waals surface area contributed by atoms with Crippen LogP contribution in [0.2, 0.25) is 0 Å². The molecule has 94 valence electrons. The van der Waals surface area contributed by atoms with Crippen molar-refractivity contribution in [1.29, 1.82) is 0 Å². The highest BCUT2D eigenvalue weighted by Gasteiger charge is 2.47. The first-order valence-electron chi connectivity index (χ1n) is 5.76. The molecule has 2 N–H and O–H groups in total. The van der Waals surface area contributed by atoms with Crippen LogP contribution in [-0.4, -0.2) is 35.4 Å². The van der Waals surface area contributed by atoms with Gasteiger partial charge in [-0.3, -0.25) is 4.79 Å². The van der Waals surface area contributed by atoms with Crippen LogP contribution in [0.5, 0.6) is 0 Å². The largest absolute Gasteiger partial charge is 0.459 e. The third kappa shape index (κ3) is 3.19. The van der Waals surface area contributed by atoms with Crippen LogP contribution < -0.4 is 5.32 Å². The minimum Gasteiger partial charge on any atom is -0.459 e. The van der Waals surface area contributed by atoms with Crippen molar-refractivity contribution in [2.75, 3.05) is 6.54 Å². The van der Waals surface area contributed by atoms with Crippen molar-refractivity contribution in [1.82, 2.24) is 5.32 Å². The molecule has 1 rings (SSSR count). The van der Waals surface area contributed by atoms with E-state index in [1.807, 2.05) is 34.6 Å². The van der Waals surface area contributed by atoms with Gasteiger partial charge in [0.05, 0.1) is 12.6 Å². The minimum atomic E-state index is -0.437. The van der Waals surface area contributed by atoms with Gasteiger partial charge < -0.3 is 15.2 Å². The molecule has 2 unspecified atom stereocenters. The summed E-state index contributed by atoms with van der Waals surface area (Å²) in [4.78, 5) is 11.4. The molecule has 0 aromatic carbocycles. The second-order valence-electron chi connectivity index (χ2n) is 6.09. The van der Waals surface area contributed by atoms with Gasteiger partial charge in [-0.15, -0.1) is 0 Å². The number of hydrogen-bond donors (Lipinski definition) is 2. The maximum atomic E-state index is 11.4. The lowest BCUT2D eigenvalue weighted by atomic mass is 9.64. The van der Waals surface area contributed by atoms with E-state index in [1.54, 1.807) is 0 Å². The zero-order chi connectivity index (χ0) is 12.6. The summed E-state index contributed by atoms with van der Waals surface area (Å²) in [5.74, 6) is -0.246. The molecule has 0 saturated heterocycles. The molecule has 0 amide bonds. The van der Waals surface area contributed by atoms with Gasteiger partial charge in [-0.05, 0) is 27.2 Å². The summed E-state index contributed by atoms with van der Waals surface area (Å²) >= 11 is 0. The molecule has 0 bridgehead atoms. The average Bonchev–Trinajstić information content (AvgIpc) is 2.09. The van der Waals surface area contributed by atoms with E-state index in [1.165, 1.54) is 0 Å². The Kier molecular flexibility index (Phi) is 3.65. The molecule has 16 heavy (non-hydrogen) atoms. The summed E-state index contributed by atoms with van der Waals surface area (Å²) in [6.07, 6.45) is 0.430. The summed E-state index contributed by atoms with van der Waals surface area (Å²) in [6, 6.07) is 0.190. The second-order valence-corrected chi connectivity index (χ2v) is 6.09. The van der Waals surface area contributed by atoms with E-state index in [0.29, 0.717) is 6.42 Å². The fourth-order valence-electron chi connectivity index (χ4n) is 1.83. The zero-order valence-electron chi connectivity index (χ0n) is 10.8. The standard InChI is InChI=1S/C12H23NO3/c1-11(2,3)16-10(15)7-13-8-6-9(14)12(8,4)5/h8-9,13-14H,6-7H2,1-5H3. The van der Waals surface area contributed by atoms with Crippen LogP contribution >= 0.6 is 0 Å². The summed E-state index contributed by atoms with van der Waals surface area (Å²) in [7, 11) is 0. The Bertz CT molecular complexity index is 268. The van der Waals surface area contributed by atoms with Gasteiger partial charge in [0, 0.05) is 11.5 Å². The van der Waals surface area contributed by atoms with Gasteiger partial charge in [0.1, 0.15) is 5.60 Å². The van der Waals surface area contributed by atoms with E-state index in [4.69, 9.17) is 4.74 Å². The number of nitrogens with one attached hydrogen (secondary N) is 1. The van der Waals surface area contributed by atoms with E-state index in [2.05, 4.69) is 5.32 Å². The highest BCUT2D eigenvalue weighted by Crippen LogP contribution is 2.40. The maximum absolute atomic E-state index is 11.4. The third-order valence-corrected chi connectivity index (χ3v) is 3.13. The second kappa shape index (κ2) is 4.34. The van der Waals surface area contributed by atoms with Crippen LogP contribution in [0.4, 0.5) is 0 Å². The number of aliphatic hydroxyl groups excluding tert-OH is 1. The monoisotopic (exact) mass is 229 g/mol. The number of ether oxygens (including phenoxy) is 1. The molecule has 1 aliphatic carbocycles. The lowest BCUT2D eigenvalue weighted by Gasteiger charge is -2.49. The van der Waals surface area contributed by atoms with Gasteiger partial charge in [-0.25, -0.2) is 0 Å². The van der Waals surface area contributed by atoms with Crippen molar-refractivity contribution in [3.63, 3.8) is 0 Å². The SMILES string of the molecule is CC(C)(C)OC(=O)CNC1CC(O)C1(C)C. The number of carbonyl (C=O) groups excluding carboxylic acids is 1. The molecule has 0 aliphatic heterocycles. The maximum Gasteiger partial charge on any atom is 0.320 e. The molecule has 0 radical (unpaired) electrons. The third-order valence-electron chi connectivity index (χ3n) is 3.13. The van der Waals surface area contributed by atoms with Crippen molar-refractivity contribution >= 4 is 5.97 Å². The molecule has 0 aromatic rings. The fourth-order valence-corrected chi connectivity index (χ4v) is 1.83. The van der Waals surface area contributed by atoms with Crippen LogP contribution in [0.1, 0.15) is 41.0 Å². The number of esters is 1. The van der Waals surface area contributed by atoms with E-state index >= 15 is 0 Å².